The molecule has 0 aromatic heterocycles. The Balaban J connectivity index is 1.83. The summed E-state index contributed by atoms with van der Waals surface area (Å²) in [6, 6.07) is 1.60. The third-order valence-corrected chi connectivity index (χ3v) is 6.21. The van der Waals surface area contributed by atoms with Crippen LogP contribution in [0.15, 0.2) is 0 Å². The van der Waals surface area contributed by atoms with E-state index in [1.807, 2.05) is 0 Å². The maximum Gasteiger partial charge on any atom is 0.00978 e. The number of hydrogen-bond acceptors (Lipinski definition) is 2. The summed E-state index contributed by atoms with van der Waals surface area (Å²) in [6.07, 6.45) is 12.2. The van der Waals surface area contributed by atoms with Gasteiger partial charge in [-0.25, -0.2) is 0 Å². The summed E-state index contributed by atoms with van der Waals surface area (Å²) in [6.45, 7) is 4.89. The Bertz CT molecular complexity index is 231. The maximum absolute atomic E-state index is 3.99. The quantitative estimate of drug-likeness (QED) is 0.815. The Kier molecular flexibility index (Phi) is 5.23. The van der Waals surface area contributed by atoms with Gasteiger partial charge in [-0.15, -0.1) is 0 Å². The highest BCUT2D eigenvalue weighted by Crippen LogP contribution is 2.32. The van der Waals surface area contributed by atoms with Gasteiger partial charge in [0.25, 0.3) is 0 Å². The fraction of sp³-hybridized carbons (Fsp3) is 1.00. The highest BCUT2D eigenvalue weighted by atomic mass is 32.2. The van der Waals surface area contributed by atoms with Gasteiger partial charge in [-0.1, -0.05) is 33.1 Å². The predicted molar refractivity (Wildman–Crippen MR) is 78.7 cm³/mol. The van der Waals surface area contributed by atoms with Crippen LogP contribution in [0.4, 0.5) is 0 Å². The van der Waals surface area contributed by atoms with Gasteiger partial charge in [0.05, 0.1) is 0 Å². The highest BCUT2D eigenvalue weighted by Gasteiger charge is 2.30. The van der Waals surface area contributed by atoms with Crippen LogP contribution in [-0.4, -0.2) is 23.6 Å². The number of hydrogen-bond donors (Lipinski definition) is 1. The Hall–Kier alpha value is 0.310. The molecule has 0 spiro atoms. The van der Waals surface area contributed by atoms with Crippen molar-refractivity contribution in [3.8, 4) is 0 Å². The van der Waals surface area contributed by atoms with Gasteiger partial charge in [-0.05, 0) is 43.8 Å². The zero-order chi connectivity index (χ0) is 12.3. The van der Waals surface area contributed by atoms with Crippen LogP contribution in [0, 0.1) is 11.8 Å². The molecule has 1 nitrogen and oxygen atoms in total. The van der Waals surface area contributed by atoms with Crippen molar-refractivity contribution in [1.82, 2.24) is 5.32 Å². The van der Waals surface area contributed by atoms with E-state index in [4.69, 9.17) is 0 Å². The molecule has 5 atom stereocenters. The molecule has 0 radical (unpaired) electrons. The lowest BCUT2D eigenvalue weighted by Crippen LogP contribution is -2.47. The summed E-state index contributed by atoms with van der Waals surface area (Å²) < 4.78 is 0. The molecule has 0 aromatic rings. The second kappa shape index (κ2) is 6.47. The Morgan fingerprint density at radius 3 is 2.53 bits per heavy atom. The first kappa shape index (κ1) is 13.7. The molecule has 0 heterocycles. The molecule has 2 rings (SSSR count). The lowest BCUT2D eigenvalue weighted by atomic mass is 9.77. The molecule has 0 saturated heterocycles. The van der Waals surface area contributed by atoms with E-state index in [1.165, 1.54) is 44.9 Å². The van der Waals surface area contributed by atoms with Gasteiger partial charge in [-0.3, -0.25) is 0 Å². The summed E-state index contributed by atoms with van der Waals surface area (Å²) in [7, 11) is 0. The Morgan fingerprint density at radius 1 is 1.00 bits per heavy atom. The van der Waals surface area contributed by atoms with Crippen LogP contribution in [0.5, 0.6) is 0 Å². The first-order chi connectivity index (χ1) is 8.20. The van der Waals surface area contributed by atoms with Gasteiger partial charge in [-0.2, -0.15) is 11.8 Å². The van der Waals surface area contributed by atoms with Crippen molar-refractivity contribution in [3.05, 3.63) is 0 Å². The van der Waals surface area contributed by atoms with Gasteiger partial charge in [0, 0.05) is 17.3 Å². The van der Waals surface area contributed by atoms with E-state index in [0.717, 1.165) is 29.2 Å². The minimum absolute atomic E-state index is 0.796. The fourth-order valence-corrected chi connectivity index (χ4v) is 4.46. The molecular weight excluding hydrogens is 226 g/mol. The minimum atomic E-state index is 0.796. The monoisotopic (exact) mass is 255 g/mol. The predicted octanol–water partition coefficient (Wildman–Crippen LogP) is 4.07. The first-order valence-corrected chi connectivity index (χ1v) is 8.78. The van der Waals surface area contributed by atoms with Crippen molar-refractivity contribution in [2.24, 2.45) is 11.8 Å². The zero-order valence-electron chi connectivity index (χ0n) is 11.7. The van der Waals surface area contributed by atoms with Gasteiger partial charge >= 0.3 is 0 Å². The maximum atomic E-state index is 3.99. The van der Waals surface area contributed by atoms with E-state index in [9.17, 15) is 0 Å². The van der Waals surface area contributed by atoms with Gasteiger partial charge < -0.3 is 5.32 Å². The van der Waals surface area contributed by atoms with E-state index in [2.05, 4.69) is 37.2 Å². The van der Waals surface area contributed by atoms with Crippen LogP contribution < -0.4 is 5.32 Å². The molecule has 2 heteroatoms. The lowest BCUT2D eigenvalue weighted by Gasteiger charge is -2.39. The van der Waals surface area contributed by atoms with Gasteiger partial charge in [0.15, 0.2) is 0 Å². The molecule has 0 bridgehead atoms. The van der Waals surface area contributed by atoms with Crippen molar-refractivity contribution >= 4 is 11.8 Å². The third-order valence-electron chi connectivity index (χ3n) is 5.12. The van der Waals surface area contributed by atoms with E-state index < -0.39 is 0 Å². The first-order valence-electron chi connectivity index (χ1n) is 7.49. The fourth-order valence-electron chi connectivity index (χ4n) is 3.63. The van der Waals surface area contributed by atoms with Gasteiger partial charge in [0.1, 0.15) is 0 Å². The van der Waals surface area contributed by atoms with Crippen molar-refractivity contribution in [2.75, 3.05) is 6.26 Å². The Labute approximate surface area is 112 Å². The molecule has 2 fully saturated rings. The average Bonchev–Trinajstić information content (AvgIpc) is 2.35. The van der Waals surface area contributed by atoms with Crippen LogP contribution in [0.1, 0.15) is 58.8 Å². The topological polar surface area (TPSA) is 12.0 Å². The summed E-state index contributed by atoms with van der Waals surface area (Å²) in [5.41, 5.74) is 0. The minimum Gasteiger partial charge on any atom is -0.311 e. The van der Waals surface area contributed by atoms with Crippen molar-refractivity contribution in [2.45, 2.75) is 76.1 Å². The van der Waals surface area contributed by atoms with Crippen LogP contribution >= 0.6 is 11.8 Å². The average molecular weight is 255 g/mol. The van der Waals surface area contributed by atoms with Crippen LogP contribution in [0.2, 0.25) is 0 Å². The SMILES string of the molecule is CSC1CCCC(NC2CCCC(C)C2C)C1. The van der Waals surface area contributed by atoms with E-state index >= 15 is 0 Å². The smallest absolute Gasteiger partial charge is 0.00978 e. The molecule has 5 unspecified atom stereocenters. The normalized spacial score (nSPS) is 43.6. The standard InChI is InChI=1S/C15H29NS/c1-11-6-4-9-15(12(11)2)16-13-7-5-8-14(10-13)17-3/h11-16H,4-10H2,1-3H3. The molecule has 1 N–H and O–H groups in total. The van der Waals surface area contributed by atoms with Crippen molar-refractivity contribution in [1.29, 1.82) is 0 Å². The molecule has 0 aliphatic heterocycles. The summed E-state index contributed by atoms with van der Waals surface area (Å²) in [5, 5.41) is 4.90. The Morgan fingerprint density at radius 2 is 1.76 bits per heavy atom. The molecule has 2 aliphatic rings. The molecule has 100 valence electrons. The lowest BCUT2D eigenvalue weighted by molar-refractivity contribution is 0.183. The molecule has 0 amide bonds. The number of nitrogens with one attached hydrogen (secondary N) is 1. The second-order valence-electron chi connectivity index (χ2n) is 6.26. The summed E-state index contributed by atoms with van der Waals surface area (Å²) in [5.74, 6) is 1.79. The molecule has 17 heavy (non-hydrogen) atoms. The van der Waals surface area contributed by atoms with Crippen molar-refractivity contribution in [3.63, 3.8) is 0 Å². The second-order valence-corrected chi connectivity index (χ2v) is 7.40. The highest BCUT2D eigenvalue weighted by molar-refractivity contribution is 7.99. The van der Waals surface area contributed by atoms with Gasteiger partial charge in [0.2, 0.25) is 0 Å². The summed E-state index contributed by atoms with van der Waals surface area (Å²) >= 11 is 2.07. The van der Waals surface area contributed by atoms with E-state index in [1.54, 1.807) is 0 Å². The largest absolute Gasteiger partial charge is 0.311 e. The zero-order valence-corrected chi connectivity index (χ0v) is 12.6. The van der Waals surface area contributed by atoms with E-state index in [-0.39, 0.29) is 0 Å². The third kappa shape index (κ3) is 3.64. The van der Waals surface area contributed by atoms with Crippen molar-refractivity contribution < 1.29 is 0 Å². The number of thioether (sulfide) groups is 1. The van der Waals surface area contributed by atoms with Crippen LogP contribution in [0.3, 0.4) is 0 Å². The summed E-state index contributed by atoms with van der Waals surface area (Å²) in [4.78, 5) is 0. The molecular formula is C15H29NS. The number of rotatable bonds is 3. The molecule has 2 saturated carbocycles. The van der Waals surface area contributed by atoms with Crippen LogP contribution in [-0.2, 0) is 0 Å². The molecule has 2 aliphatic carbocycles. The molecule has 0 aromatic carbocycles. The van der Waals surface area contributed by atoms with Crippen LogP contribution in [0.25, 0.3) is 0 Å². The van der Waals surface area contributed by atoms with E-state index in [0.29, 0.717) is 0 Å².